The number of carbonyl (C=O) groups is 3. The topological polar surface area (TPSA) is 200 Å². The van der Waals surface area contributed by atoms with Crippen molar-refractivity contribution in [3.63, 3.8) is 0 Å². The largest absolute Gasteiger partial charge is 0.462 e. The van der Waals surface area contributed by atoms with Crippen LogP contribution in [0.4, 0.5) is 0 Å². The van der Waals surface area contributed by atoms with Gasteiger partial charge in [-0.05, 0) is 66.5 Å². The van der Waals surface area contributed by atoms with Crippen molar-refractivity contribution in [1.82, 2.24) is 4.90 Å². The summed E-state index contributed by atoms with van der Waals surface area (Å²) in [7, 11) is 4.86. The van der Waals surface area contributed by atoms with Crippen molar-refractivity contribution in [3.05, 3.63) is 24.3 Å². The second-order valence-electron chi connectivity index (χ2n) is 15.5. The number of hydrogen-bond acceptors (Lipinski definition) is 15. The summed E-state index contributed by atoms with van der Waals surface area (Å²) in [5.41, 5.74) is -1.47. The molecule has 0 aromatic carbocycles. The van der Waals surface area contributed by atoms with Gasteiger partial charge >= 0.3 is 11.9 Å². The molecule has 310 valence electrons. The van der Waals surface area contributed by atoms with Crippen molar-refractivity contribution in [2.45, 2.75) is 172 Å². The molecule has 0 radical (unpaired) electrons. The van der Waals surface area contributed by atoms with Gasteiger partial charge in [0.1, 0.15) is 36.3 Å². The summed E-state index contributed by atoms with van der Waals surface area (Å²) in [4.78, 5) is 39.0. The second kappa shape index (κ2) is 21.3. The van der Waals surface area contributed by atoms with Gasteiger partial charge in [0.2, 0.25) is 0 Å². The molecule has 3 rings (SSSR count). The van der Waals surface area contributed by atoms with E-state index in [-0.39, 0.29) is 31.6 Å². The van der Waals surface area contributed by atoms with Crippen molar-refractivity contribution in [2.75, 3.05) is 21.2 Å². The number of cyclic esters (lactones) is 1. The molecule has 3 heterocycles. The smallest absolute Gasteiger partial charge is 0.308 e. The van der Waals surface area contributed by atoms with Crippen LogP contribution in [0.15, 0.2) is 24.3 Å². The number of aliphatic hydroxyl groups excluding tert-OH is 3. The normalized spacial score (nSPS) is 42.9. The van der Waals surface area contributed by atoms with Crippen LogP contribution in [0.3, 0.4) is 0 Å². The number of methoxy groups -OCH3 is 1. The number of nitrogens with zero attached hydrogens (tertiary/aromatic N) is 1. The highest BCUT2D eigenvalue weighted by atomic mass is 16.7. The highest BCUT2D eigenvalue weighted by Gasteiger charge is 2.52. The number of hydrogen-bond donors (Lipinski definition) is 4. The van der Waals surface area contributed by atoms with Gasteiger partial charge in [-0.25, -0.2) is 0 Å². The van der Waals surface area contributed by atoms with Crippen LogP contribution in [-0.4, -0.2) is 150 Å². The van der Waals surface area contributed by atoms with Gasteiger partial charge in [-0.15, -0.1) is 0 Å². The molecule has 0 bridgehead atoms. The van der Waals surface area contributed by atoms with Gasteiger partial charge < -0.3 is 63.3 Å². The SMILES string of the molecule is CCCC(=O)OC1C(C)OC(OC2C(C)OC(OC3C(CC=O)CC(C)C(O)/C=C/C=C/CC(C)OC(=O)CC(O)C3OC)C(O)C2N(C)C)CC1(C)O. The molecular weight excluding hydrogens is 706 g/mol. The molecule has 3 aliphatic rings. The van der Waals surface area contributed by atoms with E-state index >= 15 is 0 Å². The van der Waals surface area contributed by atoms with Gasteiger partial charge in [-0.2, -0.15) is 0 Å². The number of rotatable bonds is 11. The first-order valence-electron chi connectivity index (χ1n) is 19.2. The monoisotopic (exact) mass is 771 g/mol. The quantitative estimate of drug-likeness (QED) is 0.176. The van der Waals surface area contributed by atoms with Crippen LogP contribution in [-0.2, 0) is 47.5 Å². The molecule has 3 aliphatic heterocycles. The molecule has 0 aliphatic carbocycles. The van der Waals surface area contributed by atoms with Crippen LogP contribution in [0.1, 0.15) is 86.5 Å². The lowest BCUT2D eigenvalue weighted by Crippen LogP contribution is -2.66. The Bertz CT molecular complexity index is 1240. The van der Waals surface area contributed by atoms with Crippen molar-refractivity contribution in [1.29, 1.82) is 0 Å². The Hall–Kier alpha value is -2.31. The molecule has 2 fully saturated rings. The lowest BCUT2D eigenvalue weighted by atomic mass is 9.82. The molecule has 4 N–H and O–H groups in total. The predicted octanol–water partition coefficient (Wildman–Crippen LogP) is 2.20. The van der Waals surface area contributed by atoms with E-state index in [4.69, 9.17) is 33.2 Å². The first kappa shape index (κ1) is 46.1. The Morgan fingerprint density at radius 3 is 2.35 bits per heavy atom. The molecule has 16 atom stereocenters. The zero-order valence-corrected chi connectivity index (χ0v) is 33.3. The fourth-order valence-corrected chi connectivity index (χ4v) is 7.66. The molecule has 16 unspecified atom stereocenters. The third kappa shape index (κ3) is 12.6. The van der Waals surface area contributed by atoms with E-state index in [0.29, 0.717) is 12.8 Å². The number of aldehydes is 1. The first-order chi connectivity index (χ1) is 25.4. The van der Waals surface area contributed by atoms with Gasteiger partial charge in [-0.1, -0.05) is 38.2 Å². The summed E-state index contributed by atoms with van der Waals surface area (Å²) in [6, 6.07) is -0.750. The molecule has 0 aromatic heterocycles. The summed E-state index contributed by atoms with van der Waals surface area (Å²) >= 11 is 0. The molecule has 0 aromatic rings. The molecule has 54 heavy (non-hydrogen) atoms. The van der Waals surface area contributed by atoms with Crippen LogP contribution in [0.5, 0.6) is 0 Å². The maximum absolute atomic E-state index is 12.9. The van der Waals surface area contributed by atoms with Gasteiger partial charge in [0.15, 0.2) is 18.7 Å². The Kier molecular flexibility index (Phi) is 18.2. The molecule has 15 nitrogen and oxygen atoms in total. The molecule has 0 spiro atoms. The summed E-state index contributed by atoms with van der Waals surface area (Å²) in [6.45, 7) is 10.4. The van der Waals surface area contributed by atoms with E-state index in [1.165, 1.54) is 7.11 Å². The highest BCUT2D eigenvalue weighted by molar-refractivity contribution is 5.70. The Labute approximate surface area is 319 Å². The zero-order chi connectivity index (χ0) is 40.3. The Balaban J connectivity index is 1.91. The van der Waals surface area contributed by atoms with Gasteiger partial charge in [0.25, 0.3) is 0 Å². The van der Waals surface area contributed by atoms with E-state index in [1.54, 1.807) is 64.9 Å². The van der Waals surface area contributed by atoms with E-state index in [2.05, 4.69) is 0 Å². The number of aliphatic hydroxyl groups is 4. The van der Waals surface area contributed by atoms with E-state index in [9.17, 15) is 34.8 Å². The minimum Gasteiger partial charge on any atom is -0.462 e. The van der Waals surface area contributed by atoms with Gasteiger partial charge in [0.05, 0.1) is 43.0 Å². The average molecular weight is 772 g/mol. The Morgan fingerprint density at radius 2 is 1.74 bits per heavy atom. The summed E-state index contributed by atoms with van der Waals surface area (Å²) in [5.74, 6) is -2.11. The van der Waals surface area contributed by atoms with Crippen molar-refractivity contribution < 1.29 is 68.0 Å². The number of likely N-dealkylation sites (N-methyl/N-ethyl adjacent to an activating group) is 1. The maximum Gasteiger partial charge on any atom is 0.308 e. The third-order valence-corrected chi connectivity index (χ3v) is 10.5. The number of esters is 2. The fraction of sp³-hybridized carbons (Fsp3) is 0.821. The second-order valence-corrected chi connectivity index (χ2v) is 15.5. The first-order valence-corrected chi connectivity index (χ1v) is 19.2. The Morgan fingerprint density at radius 1 is 1.04 bits per heavy atom. The zero-order valence-electron chi connectivity index (χ0n) is 33.3. The van der Waals surface area contributed by atoms with Crippen LogP contribution in [0.25, 0.3) is 0 Å². The molecule has 0 saturated carbocycles. The summed E-state index contributed by atoms with van der Waals surface area (Å²) < 4.78 is 42.2. The van der Waals surface area contributed by atoms with Crippen LogP contribution in [0.2, 0.25) is 0 Å². The van der Waals surface area contributed by atoms with Crippen molar-refractivity contribution in [3.8, 4) is 0 Å². The highest BCUT2D eigenvalue weighted by Crippen LogP contribution is 2.37. The summed E-state index contributed by atoms with van der Waals surface area (Å²) in [6.07, 6.45) is -3.26. The standard InChI is InChI=1S/C39H65NO14/c1-10-14-29(44)52-37-25(5)50-31(21-39(37,6)47)53-34-24(4)51-38(33(46)32(34)40(7)8)54-35-26(17-18-41)19-22(2)27(42)16-13-11-12-15-23(3)49-30(45)20-28(43)36(35)48-9/h11-13,16,18,22-28,31-38,42-43,46-47H,10,14-15,17,19-21H2,1-9H3/b12-11+,16-13+. The number of carbonyl (C=O) groups excluding carboxylic acids is 3. The van der Waals surface area contributed by atoms with Crippen molar-refractivity contribution in [2.24, 2.45) is 11.8 Å². The van der Waals surface area contributed by atoms with Crippen LogP contribution in [0, 0.1) is 11.8 Å². The molecule has 2 saturated heterocycles. The molecule has 0 amide bonds. The van der Waals surface area contributed by atoms with Crippen LogP contribution >= 0.6 is 0 Å². The number of allylic oxidation sites excluding steroid dienone is 2. The van der Waals surface area contributed by atoms with Gasteiger partial charge in [-0.3, -0.25) is 9.59 Å². The lowest BCUT2D eigenvalue weighted by molar-refractivity contribution is -0.344. The predicted molar refractivity (Wildman–Crippen MR) is 196 cm³/mol. The maximum atomic E-state index is 12.9. The average Bonchev–Trinajstić information content (AvgIpc) is 3.07. The minimum atomic E-state index is -1.47. The minimum absolute atomic E-state index is 0.0274. The van der Waals surface area contributed by atoms with E-state index < -0.39 is 110 Å². The van der Waals surface area contributed by atoms with Crippen molar-refractivity contribution >= 4 is 18.2 Å². The van der Waals surface area contributed by atoms with E-state index in [0.717, 1.165) is 6.29 Å². The lowest BCUT2D eigenvalue weighted by Gasteiger charge is -2.50. The molecular formula is C39H65NO14. The summed E-state index contributed by atoms with van der Waals surface area (Å²) in [5, 5.41) is 45.7. The third-order valence-electron chi connectivity index (χ3n) is 10.5. The molecule has 15 heteroatoms. The fourth-order valence-electron chi connectivity index (χ4n) is 7.66. The number of ether oxygens (including phenoxy) is 7. The van der Waals surface area contributed by atoms with Gasteiger partial charge in [0, 0.05) is 32.8 Å². The van der Waals surface area contributed by atoms with Crippen LogP contribution < -0.4 is 0 Å². The van der Waals surface area contributed by atoms with E-state index in [1.807, 2.05) is 19.9 Å².